The van der Waals surface area contributed by atoms with E-state index in [-0.39, 0.29) is 5.91 Å². The van der Waals surface area contributed by atoms with Gasteiger partial charge in [0.15, 0.2) is 6.10 Å². The van der Waals surface area contributed by atoms with E-state index in [0.717, 1.165) is 48.7 Å². The van der Waals surface area contributed by atoms with Crippen molar-refractivity contribution in [3.05, 3.63) is 59.2 Å². The van der Waals surface area contributed by atoms with Crippen molar-refractivity contribution in [2.24, 2.45) is 0 Å². The van der Waals surface area contributed by atoms with Crippen molar-refractivity contribution < 1.29 is 14.3 Å². The van der Waals surface area contributed by atoms with Gasteiger partial charge in [-0.2, -0.15) is 0 Å². The first kappa shape index (κ1) is 19.2. The minimum Gasteiger partial charge on any atom is -0.481 e. The zero-order valence-electron chi connectivity index (χ0n) is 16.3. The summed E-state index contributed by atoms with van der Waals surface area (Å²) in [6.45, 7) is 9.69. The Hall–Kier alpha value is -2.53. The first-order valence-electron chi connectivity index (χ1n) is 9.45. The van der Waals surface area contributed by atoms with Gasteiger partial charge in [0.2, 0.25) is 0 Å². The number of carbonyl (C=O) groups is 1. The van der Waals surface area contributed by atoms with Crippen LogP contribution in [0.15, 0.2) is 42.5 Å². The van der Waals surface area contributed by atoms with Crippen molar-refractivity contribution in [1.29, 1.82) is 0 Å². The number of benzene rings is 2. The third-order valence-corrected chi connectivity index (χ3v) is 4.66. The summed E-state index contributed by atoms with van der Waals surface area (Å²) in [7, 11) is 0. The maximum Gasteiger partial charge on any atom is 0.261 e. The standard InChI is InChI=1S/C22H28N2O3/c1-16-12-17(2)14-21(13-16)27-18(3)22(25)23-15-19-4-6-20(7-5-19)24-8-10-26-11-9-24/h4-7,12-14,18H,8-11,15H2,1-3H3,(H,23,25). The largest absolute Gasteiger partial charge is 0.481 e. The van der Waals surface area contributed by atoms with E-state index < -0.39 is 6.10 Å². The lowest BCUT2D eigenvalue weighted by molar-refractivity contribution is -0.127. The highest BCUT2D eigenvalue weighted by Gasteiger charge is 2.15. The highest BCUT2D eigenvalue weighted by molar-refractivity contribution is 5.80. The topological polar surface area (TPSA) is 50.8 Å². The zero-order valence-corrected chi connectivity index (χ0v) is 16.3. The Balaban J connectivity index is 1.50. The Morgan fingerprint density at radius 2 is 1.74 bits per heavy atom. The first-order chi connectivity index (χ1) is 13.0. The van der Waals surface area contributed by atoms with Gasteiger partial charge in [-0.3, -0.25) is 4.79 Å². The van der Waals surface area contributed by atoms with Gasteiger partial charge >= 0.3 is 0 Å². The van der Waals surface area contributed by atoms with Gasteiger partial charge in [0, 0.05) is 25.3 Å². The Morgan fingerprint density at radius 1 is 1.11 bits per heavy atom. The summed E-state index contributed by atoms with van der Waals surface area (Å²) in [6, 6.07) is 14.3. The summed E-state index contributed by atoms with van der Waals surface area (Å²) in [5.41, 5.74) is 4.51. The van der Waals surface area contributed by atoms with E-state index in [9.17, 15) is 4.79 Å². The summed E-state index contributed by atoms with van der Waals surface area (Å²) in [5.74, 6) is 0.608. The highest BCUT2D eigenvalue weighted by atomic mass is 16.5. The van der Waals surface area contributed by atoms with E-state index in [0.29, 0.717) is 6.54 Å². The number of hydrogen-bond acceptors (Lipinski definition) is 4. The second kappa shape index (κ2) is 8.91. The number of ether oxygens (including phenoxy) is 2. The van der Waals surface area contributed by atoms with Crippen LogP contribution in [0, 0.1) is 13.8 Å². The van der Waals surface area contributed by atoms with Crippen LogP contribution in [0.1, 0.15) is 23.6 Å². The molecule has 144 valence electrons. The SMILES string of the molecule is Cc1cc(C)cc(OC(C)C(=O)NCc2ccc(N3CCOCC3)cc2)c1. The van der Waals surface area contributed by atoms with Crippen molar-refractivity contribution >= 4 is 11.6 Å². The number of carbonyl (C=O) groups excluding carboxylic acids is 1. The van der Waals surface area contributed by atoms with Crippen LogP contribution in [0.2, 0.25) is 0 Å². The van der Waals surface area contributed by atoms with Crippen molar-refractivity contribution in [3.8, 4) is 5.75 Å². The van der Waals surface area contributed by atoms with Crippen LogP contribution in [-0.4, -0.2) is 38.3 Å². The molecule has 1 N–H and O–H groups in total. The molecule has 1 fully saturated rings. The van der Waals surface area contributed by atoms with Gasteiger partial charge in [-0.25, -0.2) is 0 Å². The van der Waals surface area contributed by atoms with Gasteiger partial charge in [-0.05, 0) is 61.7 Å². The van der Waals surface area contributed by atoms with E-state index >= 15 is 0 Å². The second-order valence-corrected chi connectivity index (χ2v) is 7.07. The number of morpholine rings is 1. The molecule has 1 aliphatic heterocycles. The Labute approximate surface area is 161 Å². The van der Waals surface area contributed by atoms with Crippen molar-refractivity contribution in [2.45, 2.75) is 33.4 Å². The van der Waals surface area contributed by atoms with Crippen LogP contribution in [-0.2, 0) is 16.1 Å². The summed E-state index contributed by atoms with van der Waals surface area (Å²) in [5, 5.41) is 2.95. The number of anilines is 1. The third kappa shape index (κ3) is 5.47. The maximum atomic E-state index is 12.3. The fourth-order valence-electron chi connectivity index (χ4n) is 3.24. The predicted octanol–water partition coefficient (Wildman–Crippen LogP) is 3.22. The van der Waals surface area contributed by atoms with Gasteiger partial charge in [0.05, 0.1) is 13.2 Å². The Kier molecular flexibility index (Phi) is 6.35. The molecule has 1 saturated heterocycles. The van der Waals surface area contributed by atoms with Gasteiger partial charge in [-0.1, -0.05) is 18.2 Å². The average molecular weight is 368 g/mol. The molecule has 5 heteroatoms. The number of aryl methyl sites for hydroxylation is 2. The third-order valence-electron chi connectivity index (χ3n) is 4.66. The molecular weight excluding hydrogens is 340 g/mol. The van der Waals surface area contributed by atoms with Crippen LogP contribution < -0.4 is 15.0 Å². The second-order valence-electron chi connectivity index (χ2n) is 7.07. The lowest BCUT2D eigenvalue weighted by Crippen LogP contribution is -2.36. The molecule has 1 unspecified atom stereocenters. The average Bonchev–Trinajstić information content (AvgIpc) is 2.66. The number of amides is 1. The normalized spacial score (nSPS) is 15.3. The molecule has 1 amide bonds. The van der Waals surface area contributed by atoms with E-state index in [4.69, 9.17) is 9.47 Å². The number of hydrogen-bond donors (Lipinski definition) is 1. The molecule has 0 spiro atoms. The molecule has 5 nitrogen and oxygen atoms in total. The van der Waals surface area contributed by atoms with Crippen LogP contribution >= 0.6 is 0 Å². The monoisotopic (exact) mass is 368 g/mol. The molecule has 0 saturated carbocycles. The molecule has 0 aliphatic carbocycles. The summed E-state index contributed by atoms with van der Waals surface area (Å²) in [6.07, 6.45) is -0.543. The number of nitrogens with zero attached hydrogens (tertiary/aromatic N) is 1. The van der Waals surface area contributed by atoms with E-state index in [1.807, 2.05) is 26.0 Å². The van der Waals surface area contributed by atoms with Crippen LogP contribution in [0.25, 0.3) is 0 Å². The van der Waals surface area contributed by atoms with E-state index in [1.54, 1.807) is 6.92 Å². The van der Waals surface area contributed by atoms with Crippen LogP contribution in [0.3, 0.4) is 0 Å². The minimum absolute atomic E-state index is 0.119. The smallest absolute Gasteiger partial charge is 0.261 e. The van der Waals surface area contributed by atoms with E-state index in [1.165, 1.54) is 5.69 Å². The summed E-state index contributed by atoms with van der Waals surface area (Å²) in [4.78, 5) is 14.7. The van der Waals surface area contributed by atoms with E-state index in [2.05, 4.69) is 40.5 Å². The molecule has 1 atom stereocenters. The molecule has 0 radical (unpaired) electrons. The fraction of sp³-hybridized carbons (Fsp3) is 0.409. The molecule has 1 heterocycles. The van der Waals surface area contributed by atoms with Crippen LogP contribution in [0.4, 0.5) is 5.69 Å². The molecule has 0 aromatic heterocycles. The van der Waals surface area contributed by atoms with Crippen molar-refractivity contribution in [2.75, 3.05) is 31.2 Å². The summed E-state index contributed by atoms with van der Waals surface area (Å²) >= 11 is 0. The summed E-state index contributed by atoms with van der Waals surface area (Å²) < 4.78 is 11.2. The van der Waals surface area contributed by atoms with Crippen molar-refractivity contribution in [1.82, 2.24) is 5.32 Å². The lowest BCUT2D eigenvalue weighted by atomic mass is 10.1. The molecule has 27 heavy (non-hydrogen) atoms. The Morgan fingerprint density at radius 3 is 2.37 bits per heavy atom. The number of nitrogens with one attached hydrogen (secondary N) is 1. The quantitative estimate of drug-likeness (QED) is 0.851. The molecule has 1 aliphatic rings. The highest BCUT2D eigenvalue weighted by Crippen LogP contribution is 2.18. The van der Waals surface area contributed by atoms with Gasteiger partial charge in [-0.15, -0.1) is 0 Å². The van der Waals surface area contributed by atoms with Gasteiger partial charge in [0.25, 0.3) is 5.91 Å². The maximum absolute atomic E-state index is 12.3. The molecular formula is C22H28N2O3. The Bertz CT molecular complexity index is 747. The number of rotatable bonds is 6. The molecule has 0 bridgehead atoms. The molecule has 3 rings (SSSR count). The fourth-order valence-corrected chi connectivity index (χ4v) is 3.24. The minimum atomic E-state index is -0.543. The first-order valence-corrected chi connectivity index (χ1v) is 9.45. The zero-order chi connectivity index (χ0) is 19.2. The lowest BCUT2D eigenvalue weighted by Gasteiger charge is -2.28. The van der Waals surface area contributed by atoms with Crippen molar-refractivity contribution in [3.63, 3.8) is 0 Å². The van der Waals surface area contributed by atoms with Gasteiger partial charge in [0.1, 0.15) is 5.75 Å². The molecule has 2 aromatic rings. The van der Waals surface area contributed by atoms with Gasteiger partial charge < -0.3 is 19.7 Å². The van der Waals surface area contributed by atoms with Crippen LogP contribution in [0.5, 0.6) is 5.75 Å². The molecule has 2 aromatic carbocycles. The predicted molar refractivity (Wildman–Crippen MR) is 107 cm³/mol.